The monoisotopic (exact) mass is 231 g/mol. The molecule has 0 aromatic heterocycles. The zero-order valence-electron chi connectivity index (χ0n) is 7.59. The number of nitrogens with two attached hydrogens (primary N) is 1. The topological polar surface area (TPSA) is 26.0 Å². The van der Waals surface area contributed by atoms with Gasteiger partial charge in [0.1, 0.15) is 5.82 Å². The SMILES string of the molecule is N[C@@H]1CCSCc2cc(F)c(Cl)cc21. The van der Waals surface area contributed by atoms with Gasteiger partial charge in [-0.2, -0.15) is 11.8 Å². The Hall–Kier alpha value is -0.250. The normalized spacial score (nSPS) is 21.5. The summed E-state index contributed by atoms with van der Waals surface area (Å²) in [4.78, 5) is 0. The molecule has 1 aliphatic rings. The lowest BCUT2D eigenvalue weighted by molar-refractivity contribution is 0.622. The summed E-state index contributed by atoms with van der Waals surface area (Å²) in [7, 11) is 0. The molecule has 0 radical (unpaired) electrons. The van der Waals surface area contributed by atoms with Crippen molar-refractivity contribution >= 4 is 23.4 Å². The van der Waals surface area contributed by atoms with Crippen molar-refractivity contribution in [2.24, 2.45) is 5.73 Å². The van der Waals surface area contributed by atoms with E-state index in [-0.39, 0.29) is 16.9 Å². The second kappa shape index (κ2) is 4.09. The number of thioether (sulfide) groups is 1. The molecule has 1 aromatic rings. The van der Waals surface area contributed by atoms with Gasteiger partial charge in [-0.05, 0) is 35.4 Å². The highest BCUT2D eigenvalue weighted by molar-refractivity contribution is 7.98. The predicted molar refractivity (Wildman–Crippen MR) is 59.1 cm³/mol. The summed E-state index contributed by atoms with van der Waals surface area (Å²) in [6, 6.07) is 3.18. The molecule has 0 saturated heterocycles. The zero-order valence-corrected chi connectivity index (χ0v) is 9.17. The predicted octanol–water partition coefficient (Wildman–Crippen LogP) is 3.12. The minimum Gasteiger partial charge on any atom is -0.324 e. The van der Waals surface area contributed by atoms with Crippen LogP contribution in [-0.4, -0.2) is 5.75 Å². The van der Waals surface area contributed by atoms with E-state index < -0.39 is 0 Å². The number of fused-ring (bicyclic) bond motifs is 1. The molecule has 0 spiro atoms. The highest BCUT2D eigenvalue weighted by atomic mass is 35.5. The van der Waals surface area contributed by atoms with Gasteiger partial charge in [0, 0.05) is 11.8 Å². The van der Waals surface area contributed by atoms with Crippen molar-refractivity contribution in [3.05, 3.63) is 34.1 Å². The second-order valence-electron chi connectivity index (χ2n) is 3.41. The largest absolute Gasteiger partial charge is 0.324 e. The Morgan fingerprint density at radius 2 is 2.29 bits per heavy atom. The molecule has 0 saturated carbocycles. The number of halogens is 2. The zero-order chi connectivity index (χ0) is 10.1. The van der Waals surface area contributed by atoms with E-state index in [4.69, 9.17) is 17.3 Å². The van der Waals surface area contributed by atoms with E-state index >= 15 is 0 Å². The lowest BCUT2D eigenvalue weighted by Crippen LogP contribution is -2.11. The quantitative estimate of drug-likeness (QED) is 0.743. The van der Waals surface area contributed by atoms with E-state index in [2.05, 4.69) is 0 Å². The highest BCUT2D eigenvalue weighted by Gasteiger charge is 2.17. The first-order chi connectivity index (χ1) is 6.68. The van der Waals surface area contributed by atoms with Gasteiger partial charge in [-0.3, -0.25) is 0 Å². The third-order valence-electron chi connectivity index (χ3n) is 2.41. The molecule has 1 nitrogen and oxygen atoms in total. The Labute approximate surface area is 91.8 Å². The Balaban J connectivity index is 2.49. The third kappa shape index (κ3) is 1.90. The van der Waals surface area contributed by atoms with Crippen molar-refractivity contribution in [2.45, 2.75) is 18.2 Å². The first kappa shape index (κ1) is 10.3. The van der Waals surface area contributed by atoms with Crippen molar-refractivity contribution < 1.29 is 4.39 Å². The van der Waals surface area contributed by atoms with Crippen molar-refractivity contribution in [1.82, 2.24) is 0 Å². The Morgan fingerprint density at radius 3 is 3.07 bits per heavy atom. The Kier molecular flexibility index (Phi) is 3.00. The fraction of sp³-hybridized carbons (Fsp3) is 0.400. The van der Waals surface area contributed by atoms with E-state index in [1.165, 1.54) is 6.07 Å². The van der Waals surface area contributed by atoms with Crippen molar-refractivity contribution in [3.63, 3.8) is 0 Å². The van der Waals surface area contributed by atoms with Gasteiger partial charge < -0.3 is 5.73 Å². The Morgan fingerprint density at radius 1 is 1.50 bits per heavy atom. The molecule has 0 fully saturated rings. The number of hydrogen-bond donors (Lipinski definition) is 1. The van der Waals surface area contributed by atoms with Crippen LogP contribution in [0.3, 0.4) is 0 Å². The fourth-order valence-electron chi connectivity index (χ4n) is 1.62. The molecule has 2 rings (SSSR count). The van der Waals surface area contributed by atoms with Gasteiger partial charge >= 0.3 is 0 Å². The summed E-state index contributed by atoms with van der Waals surface area (Å²) in [5, 5.41) is 0.172. The van der Waals surface area contributed by atoms with E-state index in [9.17, 15) is 4.39 Å². The molecule has 2 N–H and O–H groups in total. The van der Waals surface area contributed by atoms with Crippen LogP contribution in [0.25, 0.3) is 0 Å². The molecular formula is C10H11ClFNS. The van der Waals surface area contributed by atoms with Crippen LogP contribution >= 0.6 is 23.4 Å². The molecule has 1 aliphatic heterocycles. The summed E-state index contributed by atoms with van der Waals surface area (Å²) >= 11 is 7.51. The first-order valence-corrected chi connectivity index (χ1v) is 6.03. The van der Waals surface area contributed by atoms with Gasteiger partial charge in [-0.25, -0.2) is 4.39 Å². The van der Waals surface area contributed by atoms with Crippen LogP contribution in [0.1, 0.15) is 23.6 Å². The van der Waals surface area contributed by atoms with Crippen LogP contribution in [0.2, 0.25) is 5.02 Å². The number of hydrogen-bond acceptors (Lipinski definition) is 2. The smallest absolute Gasteiger partial charge is 0.142 e. The van der Waals surface area contributed by atoms with Crippen molar-refractivity contribution in [2.75, 3.05) is 5.75 Å². The summed E-state index contributed by atoms with van der Waals surface area (Å²) in [5.41, 5.74) is 7.96. The average Bonchev–Trinajstić information content (AvgIpc) is 2.31. The molecule has 0 aliphatic carbocycles. The van der Waals surface area contributed by atoms with Crippen LogP contribution in [-0.2, 0) is 5.75 Å². The summed E-state index contributed by atoms with van der Waals surface area (Å²) in [6.07, 6.45) is 0.930. The van der Waals surface area contributed by atoms with E-state index in [0.29, 0.717) is 0 Å². The van der Waals surface area contributed by atoms with Gasteiger partial charge in [0.15, 0.2) is 0 Å². The van der Waals surface area contributed by atoms with Crippen LogP contribution < -0.4 is 5.73 Å². The molecular weight excluding hydrogens is 221 g/mol. The molecule has 0 bridgehead atoms. The standard InChI is InChI=1S/C10H11ClFNS/c11-8-4-7-6(3-9(8)12)5-14-2-1-10(7)13/h3-4,10H,1-2,5,13H2/t10-/m1/s1. The summed E-state index contributed by atoms with van der Waals surface area (Å²) < 4.78 is 13.2. The van der Waals surface area contributed by atoms with Crippen LogP contribution in [0.4, 0.5) is 4.39 Å². The summed E-state index contributed by atoms with van der Waals surface area (Å²) in [6.45, 7) is 0. The maximum absolute atomic E-state index is 13.2. The molecule has 1 aromatic carbocycles. The van der Waals surface area contributed by atoms with E-state index in [0.717, 1.165) is 29.1 Å². The van der Waals surface area contributed by atoms with Crippen LogP contribution in [0.5, 0.6) is 0 Å². The first-order valence-electron chi connectivity index (χ1n) is 4.49. The summed E-state index contributed by atoms with van der Waals surface area (Å²) in [5.74, 6) is 1.51. The van der Waals surface area contributed by atoms with Gasteiger partial charge in [0.05, 0.1) is 5.02 Å². The lowest BCUT2D eigenvalue weighted by atomic mass is 10.00. The lowest BCUT2D eigenvalue weighted by Gasteiger charge is -2.12. The number of benzene rings is 1. The minimum absolute atomic E-state index is 0.00176. The Bertz CT molecular complexity index is 356. The average molecular weight is 232 g/mol. The van der Waals surface area contributed by atoms with Gasteiger partial charge in [0.25, 0.3) is 0 Å². The molecule has 1 heterocycles. The van der Waals surface area contributed by atoms with Crippen molar-refractivity contribution in [3.8, 4) is 0 Å². The van der Waals surface area contributed by atoms with Crippen LogP contribution in [0, 0.1) is 5.82 Å². The molecule has 4 heteroatoms. The number of rotatable bonds is 0. The van der Waals surface area contributed by atoms with Crippen molar-refractivity contribution in [1.29, 1.82) is 0 Å². The second-order valence-corrected chi connectivity index (χ2v) is 4.93. The maximum Gasteiger partial charge on any atom is 0.142 e. The van der Waals surface area contributed by atoms with Gasteiger partial charge in [-0.15, -0.1) is 0 Å². The van der Waals surface area contributed by atoms with Gasteiger partial charge in [0.2, 0.25) is 0 Å². The minimum atomic E-state index is -0.347. The molecule has 14 heavy (non-hydrogen) atoms. The van der Waals surface area contributed by atoms with Crippen LogP contribution in [0.15, 0.2) is 12.1 Å². The highest BCUT2D eigenvalue weighted by Crippen LogP contribution is 2.32. The fourth-order valence-corrected chi connectivity index (χ4v) is 2.83. The molecule has 0 amide bonds. The van der Waals surface area contributed by atoms with Gasteiger partial charge in [-0.1, -0.05) is 11.6 Å². The molecule has 76 valence electrons. The molecule has 1 atom stereocenters. The molecule has 0 unspecified atom stereocenters. The third-order valence-corrected chi connectivity index (χ3v) is 3.74. The van der Waals surface area contributed by atoms with E-state index in [1.54, 1.807) is 17.8 Å². The van der Waals surface area contributed by atoms with E-state index in [1.807, 2.05) is 0 Å². The maximum atomic E-state index is 13.2.